The van der Waals surface area contributed by atoms with Crippen molar-refractivity contribution in [2.75, 3.05) is 37.7 Å². The maximum absolute atomic E-state index is 5.88. The first-order valence-electron chi connectivity index (χ1n) is 10.1. The lowest BCUT2D eigenvalue weighted by atomic mass is 9.87. The van der Waals surface area contributed by atoms with Crippen molar-refractivity contribution in [2.45, 2.75) is 25.3 Å². The minimum Gasteiger partial charge on any atom is -0.486 e. The van der Waals surface area contributed by atoms with Crippen LogP contribution in [0.25, 0.3) is 11.6 Å². The van der Waals surface area contributed by atoms with Gasteiger partial charge in [0.2, 0.25) is 0 Å². The van der Waals surface area contributed by atoms with Crippen molar-refractivity contribution in [3.63, 3.8) is 0 Å². The Morgan fingerprint density at radius 1 is 0.963 bits per heavy atom. The molecule has 3 aliphatic rings. The maximum Gasteiger partial charge on any atom is 0.184 e. The highest BCUT2D eigenvalue weighted by molar-refractivity contribution is 5.95. The average Bonchev–Trinajstić information content (AvgIpc) is 2.71. The predicted molar refractivity (Wildman–Crippen MR) is 110 cm³/mol. The van der Waals surface area contributed by atoms with Gasteiger partial charge in [-0.15, -0.1) is 0 Å². The molecule has 0 spiro atoms. The van der Waals surface area contributed by atoms with E-state index in [0.29, 0.717) is 19.3 Å². The fraction of sp³-hybridized carbons (Fsp3) is 0.391. The zero-order valence-corrected chi connectivity index (χ0v) is 15.6. The molecule has 2 heterocycles. The topological polar surface area (TPSA) is 33.7 Å². The number of nitrogens with one attached hydrogen (secondary N) is 1. The summed E-state index contributed by atoms with van der Waals surface area (Å²) in [5.41, 5.74) is 5.49. The zero-order valence-electron chi connectivity index (χ0n) is 15.6. The summed E-state index contributed by atoms with van der Waals surface area (Å²) in [5.74, 6) is 1.80. The van der Waals surface area contributed by atoms with Gasteiger partial charge in [0.25, 0.3) is 0 Å². The molecule has 0 unspecified atom stereocenters. The van der Waals surface area contributed by atoms with E-state index in [2.05, 4.69) is 52.7 Å². The van der Waals surface area contributed by atoms with Crippen molar-refractivity contribution in [1.29, 1.82) is 0 Å². The van der Waals surface area contributed by atoms with Crippen LogP contribution < -0.4 is 19.7 Å². The van der Waals surface area contributed by atoms with Crippen molar-refractivity contribution in [3.8, 4) is 11.5 Å². The van der Waals surface area contributed by atoms with Gasteiger partial charge in [0.05, 0.1) is 5.69 Å². The third kappa shape index (κ3) is 3.30. The number of piperidine rings is 1. The van der Waals surface area contributed by atoms with Crippen molar-refractivity contribution >= 4 is 17.3 Å². The molecule has 1 aliphatic carbocycles. The van der Waals surface area contributed by atoms with Gasteiger partial charge in [-0.2, -0.15) is 0 Å². The van der Waals surface area contributed by atoms with E-state index in [9.17, 15) is 0 Å². The summed E-state index contributed by atoms with van der Waals surface area (Å²) in [5, 5.41) is 3.76. The summed E-state index contributed by atoms with van der Waals surface area (Å²) in [4.78, 5) is 2.44. The van der Waals surface area contributed by atoms with E-state index >= 15 is 0 Å². The molecule has 0 aromatic heterocycles. The van der Waals surface area contributed by atoms with Crippen LogP contribution >= 0.6 is 0 Å². The van der Waals surface area contributed by atoms with E-state index in [-0.39, 0.29) is 0 Å². The van der Waals surface area contributed by atoms with Gasteiger partial charge < -0.3 is 19.7 Å². The number of rotatable bonds is 5. The standard InChI is InChI=1S/C23H26N2O2/c1-2-5-20-17(4-1)16-18(20)8-11-24-19-9-12-25(13-10-19)21-6-3-7-22-23(21)27-15-14-26-22/h1-7,16,19,24H,8-15H2. The molecule has 0 saturated carbocycles. The molecule has 5 rings (SSSR count). The largest absolute Gasteiger partial charge is 0.486 e. The first-order chi connectivity index (χ1) is 13.4. The lowest BCUT2D eigenvalue weighted by Gasteiger charge is -2.36. The number of anilines is 1. The van der Waals surface area contributed by atoms with Crippen LogP contribution in [-0.4, -0.2) is 38.9 Å². The summed E-state index contributed by atoms with van der Waals surface area (Å²) in [7, 11) is 0. The van der Waals surface area contributed by atoms with Gasteiger partial charge >= 0.3 is 0 Å². The molecular weight excluding hydrogens is 336 g/mol. The number of nitrogens with zero attached hydrogens (tertiary/aromatic N) is 1. The smallest absolute Gasteiger partial charge is 0.184 e. The molecule has 0 radical (unpaired) electrons. The first kappa shape index (κ1) is 16.7. The molecule has 0 amide bonds. The van der Waals surface area contributed by atoms with Crippen molar-refractivity contribution in [3.05, 3.63) is 53.6 Å². The number of fused-ring (bicyclic) bond motifs is 2. The third-order valence-corrected chi connectivity index (χ3v) is 5.84. The van der Waals surface area contributed by atoms with Crippen LogP contribution in [-0.2, 0) is 0 Å². The molecule has 2 aliphatic heterocycles. The molecule has 1 fully saturated rings. The molecule has 1 saturated heterocycles. The Bertz CT molecular complexity index is 853. The summed E-state index contributed by atoms with van der Waals surface area (Å²) in [6, 6.07) is 15.5. The van der Waals surface area contributed by atoms with Gasteiger partial charge in [0.1, 0.15) is 13.2 Å². The molecule has 4 heteroatoms. The molecule has 27 heavy (non-hydrogen) atoms. The van der Waals surface area contributed by atoms with Crippen LogP contribution in [0.2, 0.25) is 0 Å². The second-order valence-corrected chi connectivity index (χ2v) is 7.52. The fourth-order valence-electron chi connectivity index (χ4n) is 4.35. The number of hydrogen-bond donors (Lipinski definition) is 1. The van der Waals surface area contributed by atoms with Crippen LogP contribution in [0.1, 0.15) is 30.4 Å². The minimum absolute atomic E-state index is 0.605. The second-order valence-electron chi connectivity index (χ2n) is 7.52. The first-order valence-corrected chi connectivity index (χ1v) is 10.1. The number of ether oxygens (including phenoxy) is 2. The molecule has 0 atom stereocenters. The van der Waals surface area contributed by atoms with Crippen molar-refractivity contribution < 1.29 is 9.47 Å². The Balaban J connectivity index is 1.12. The number of para-hydroxylation sites is 1. The predicted octanol–water partition coefficient (Wildman–Crippen LogP) is 3.96. The summed E-state index contributed by atoms with van der Waals surface area (Å²) < 4.78 is 11.6. The average molecular weight is 362 g/mol. The van der Waals surface area contributed by atoms with Gasteiger partial charge in [-0.1, -0.05) is 36.4 Å². The lowest BCUT2D eigenvalue weighted by molar-refractivity contribution is 0.172. The van der Waals surface area contributed by atoms with Crippen LogP contribution in [0.3, 0.4) is 0 Å². The third-order valence-electron chi connectivity index (χ3n) is 5.84. The molecule has 0 bridgehead atoms. The molecule has 4 nitrogen and oxygen atoms in total. The Labute approximate surface area is 160 Å². The molecule has 2 aromatic rings. The monoisotopic (exact) mass is 362 g/mol. The highest BCUT2D eigenvalue weighted by atomic mass is 16.6. The summed E-state index contributed by atoms with van der Waals surface area (Å²) >= 11 is 0. The number of hydrogen-bond acceptors (Lipinski definition) is 4. The van der Waals surface area contributed by atoms with Crippen LogP contribution in [0, 0.1) is 0 Å². The maximum atomic E-state index is 5.88. The molecule has 1 N–H and O–H groups in total. The van der Waals surface area contributed by atoms with Crippen LogP contribution in [0.15, 0.2) is 42.5 Å². The van der Waals surface area contributed by atoms with E-state index in [1.54, 1.807) is 0 Å². The quantitative estimate of drug-likeness (QED) is 0.873. The second kappa shape index (κ2) is 7.28. The molecule has 140 valence electrons. The van der Waals surface area contributed by atoms with Gasteiger partial charge in [0.15, 0.2) is 11.5 Å². The van der Waals surface area contributed by atoms with Crippen molar-refractivity contribution in [2.24, 2.45) is 0 Å². The Hall–Kier alpha value is -2.46. The fourth-order valence-corrected chi connectivity index (χ4v) is 4.35. The number of benzene rings is 2. The van der Waals surface area contributed by atoms with Gasteiger partial charge in [-0.3, -0.25) is 0 Å². The van der Waals surface area contributed by atoms with E-state index < -0.39 is 0 Å². The van der Waals surface area contributed by atoms with Crippen LogP contribution in [0.4, 0.5) is 5.69 Å². The summed E-state index contributed by atoms with van der Waals surface area (Å²) in [6.07, 6.45) is 5.77. The van der Waals surface area contributed by atoms with Crippen molar-refractivity contribution in [1.82, 2.24) is 5.32 Å². The van der Waals surface area contributed by atoms with Gasteiger partial charge in [-0.25, -0.2) is 0 Å². The molecular formula is C23H26N2O2. The normalized spacial score (nSPS) is 18.5. The van der Waals surface area contributed by atoms with E-state index in [1.165, 1.54) is 35.2 Å². The van der Waals surface area contributed by atoms with Gasteiger partial charge in [0, 0.05) is 19.1 Å². The zero-order chi connectivity index (χ0) is 18.1. The Morgan fingerprint density at radius 3 is 2.70 bits per heavy atom. The Morgan fingerprint density at radius 2 is 1.81 bits per heavy atom. The summed E-state index contributed by atoms with van der Waals surface area (Å²) in [6.45, 7) is 4.46. The van der Waals surface area contributed by atoms with E-state index in [4.69, 9.17) is 9.47 Å². The van der Waals surface area contributed by atoms with E-state index in [1.807, 2.05) is 6.07 Å². The highest BCUT2D eigenvalue weighted by Gasteiger charge is 2.24. The Kier molecular flexibility index (Phi) is 4.50. The van der Waals surface area contributed by atoms with Crippen LogP contribution in [0.5, 0.6) is 11.5 Å². The lowest BCUT2D eigenvalue weighted by Crippen LogP contribution is -2.43. The molecule has 2 aromatic carbocycles. The minimum atomic E-state index is 0.605. The highest BCUT2D eigenvalue weighted by Crippen LogP contribution is 2.40. The van der Waals surface area contributed by atoms with Gasteiger partial charge in [-0.05, 0) is 54.6 Å². The van der Waals surface area contributed by atoms with E-state index in [0.717, 1.165) is 37.6 Å². The SMILES string of the molecule is C1=C(CCNC2CCN(c3cccc4c3OCCO4)CC2)c2ccccc21.